The van der Waals surface area contributed by atoms with Gasteiger partial charge < -0.3 is 20.1 Å². The lowest BCUT2D eigenvalue weighted by atomic mass is 9.77. The monoisotopic (exact) mass is 309 g/mol. The first kappa shape index (κ1) is 16.2. The fourth-order valence-electron chi connectivity index (χ4n) is 2.00. The van der Waals surface area contributed by atoms with Crippen LogP contribution in [0.3, 0.4) is 0 Å². The Morgan fingerprint density at radius 1 is 1.38 bits per heavy atom. The van der Waals surface area contributed by atoms with Crippen LogP contribution in [0.5, 0.6) is 0 Å². The predicted octanol–water partition coefficient (Wildman–Crippen LogP) is 2.42. The van der Waals surface area contributed by atoms with E-state index in [-0.39, 0.29) is 12.1 Å². The second-order valence-corrected chi connectivity index (χ2v) is 6.96. The fraction of sp³-hybridized carbons (Fsp3) is 0.500. The molecule has 7 heteroatoms. The largest absolute Gasteiger partial charge is 0.491 e. The molecule has 2 rings (SSSR count). The van der Waals surface area contributed by atoms with Gasteiger partial charge in [-0.25, -0.2) is 4.79 Å². The highest BCUT2D eigenvalue weighted by Gasteiger charge is 2.52. The quantitative estimate of drug-likeness (QED) is 0.835. The summed E-state index contributed by atoms with van der Waals surface area (Å²) in [5, 5.41) is 10.9. The highest BCUT2D eigenvalue weighted by Crippen LogP contribution is 2.38. The van der Waals surface area contributed by atoms with Crippen LogP contribution < -0.4 is 5.73 Å². The standard InChI is InChI=1S/C14H20BNO4S/c1-13(2)14(3,4)20-15(19-13)9(8-16)7-11-10(12(17)18)5-6-21-11/h5-7H,8,16H2,1-4H3,(H,17,18). The number of carboxylic acid groups (broad SMARTS) is 1. The summed E-state index contributed by atoms with van der Waals surface area (Å²) in [6.07, 6.45) is 1.76. The molecule has 5 nitrogen and oxygen atoms in total. The normalized spacial score (nSPS) is 20.8. The summed E-state index contributed by atoms with van der Waals surface area (Å²) in [6, 6.07) is 1.58. The molecule has 21 heavy (non-hydrogen) atoms. The first-order valence-electron chi connectivity index (χ1n) is 6.75. The van der Waals surface area contributed by atoms with Crippen LogP contribution in [0, 0.1) is 0 Å². The molecule has 1 fully saturated rings. The summed E-state index contributed by atoms with van der Waals surface area (Å²) in [4.78, 5) is 11.8. The van der Waals surface area contributed by atoms with E-state index in [1.54, 1.807) is 17.5 Å². The molecule has 0 unspecified atom stereocenters. The predicted molar refractivity (Wildman–Crippen MR) is 84.4 cm³/mol. The van der Waals surface area contributed by atoms with E-state index in [2.05, 4.69) is 0 Å². The van der Waals surface area contributed by atoms with Crippen LogP contribution in [0.25, 0.3) is 6.08 Å². The summed E-state index contributed by atoms with van der Waals surface area (Å²) in [7, 11) is -0.552. The van der Waals surface area contributed by atoms with E-state index in [9.17, 15) is 4.79 Å². The van der Waals surface area contributed by atoms with Gasteiger partial charge in [0.25, 0.3) is 0 Å². The molecular weight excluding hydrogens is 289 g/mol. The van der Waals surface area contributed by atoms with Gasteiger partial charge in [0, 0.05) is 11.4 Å². The van der Waals surface area contributed by atoms with E-state index in [1.165, 1.54) is 11.3 Å². The van der Waals surface area contributed by atoms with Crippen molar-refractivity contribution in [3.63, 3.8) is 0 Å². The van der Waals surface area contributed by atoms with Gasteiger partial charge in [-0.2, -0.15) is 0 Å². The van der Waals surface area contributed by atoms with Gasteiger partial charge in [0.1, 0.15) is 0 Å². The van der Waals surface area contributed by atoms with E-state index in [4.69, 9.17) is 20.1 Å². The lowest BCUT2D eigenvalue weighted by Gasteiger charge is -2.32. The smallest absolute Gasteiger partial charge is 0.478 e. The topological polar surface area (TPSA) is 81.8 Å². The molecule has 0 atom stereocenters. The van der Waals surface area contributed by atoms with E-state index in [0.29, 0.717) is 4.88 Å². The molecule has 1 aromatic rings. The van der Waals surface area contributed by atoms with Gasteiger partial charge in [0.2, 0.25) is 0 Å². The second-order valence-electron chi connectivity index (χ2n) is 6.02. The van der Waals surface area contributed by atoms with Crippen molar-refractivity contribution in [1.29, 1.82) is 0 Å². The van der Waals surface area contributed by atoms with Crippen LogP contribution in [-0.4, -0.2) is 35.9 Å². The number of hydrogen-bond donors (Lipinski definition) is 2. The summed E-state index contributed by atoms with van der Waals surface area (Å²) in [5.74, 6) is -0.951. The number of thiophene rings is 1. The van der Waals surface area contributed by atoms with Crippen molar-refractivity contribution >= 4 is 30.5 Å². The van der Waals surface area contributed by atoms with Crippen LogP contribution in [0.2, 0.25) is 0 Å². The van der Waals surface area contributed by atoms with E-state index < -0.39 is 24.3 Å². The molecule has 1 aromatic heterocycles. The van der Waals surface area contributed by atoms with Gasteiger partial charge in [-0.1, -0.05) is 0 Å². The lowest BCUT2D eigenvalue weighted by molar-refractivity contribution is 0.00578. The molecule has 0 saturated carbocycles. The zero-order valence-corrected chi connectivity index (χ0v) is 13.5. The Morgan fingerprint density at radius 2 is 1.95 bits per heavy atom. The van der Waals surface area contributed by atoms with E-state index >= 15 is 0 Å². The zero-order valence-electron chi connectivity index (χ0n) is 12.7. The molecule has 1 aliphatic heterocycles. The Hall–Kier alpha value is -1.15. The van der Waals surface area contributed by atoms with Gasteiger partial charge in [-0.05, 0) is 50.7 Å². The van der Waals surface area contributed by atoms with Crippen molar-refractivity contribution in [2.45, 2.75) is 38.9 Å². The molecule has 1 saturated heterocycles. The minimum atomic E-state index is -0.951. The van der Waals surface area contributed by atoms with Crippen LogP contribution in [0.4, 0.5) is 0 Å². The van der Waals surface area contributed by atoms with Crippen LogP contribution in [0.1, 0.15) is 42.9 Å². The third kappa shape index (κ3) is 3.06. The number of carbonyl (C=O) groups is 1. The number of hydrogen-bond acceptors (Lipinski definition) is 5. The minimum Gasteiger partial charge on any atom is -0.478 e. The van der Waals surface area contributed by atoms with Crippen molar-refractivity contribution in [3.8, 4) is 0 Å². The summed E-state index contributed by atoms with van der Waals surface area (Å²) in [5.41, 5.74) is 5.91. The Kier molecular flexibility index (Phi) is 4.30. The van der Waals surface area contributed by atoms with Gasteiger partial charge >= 0.3 is 13.1 Å². The van der Waals surface area contributed by atoms with Crippen molar-refractivity contribution in [2.24, 2.45) is 5.73 Å². The van der Waals surface area contributed by atoms with Crippen molar-refractivity contribution in [1.82, 2.24) is 0 Å². The molecule has 3 N–H and O–H groups in total. The second kappa shape index (κ2) is 5.57. The van der Waals surface area contributed by atoms with Crippen LogP contribution in [0.15, 0.2) is 16.9 Å². The fourth-order valence-corrected chi connectivity index (χ4v) is 2.85. The van der Waals surface area contributed by atoms with Gasteiger partial charge in [0.15, 0.2) is 0 Å². The van der Waals surface area contributed by atoms with Gasteiger partial charge in [-0.15, -0.1) is 11.3 Å². The molecule has 2 heterocycles. The molecule has 0 radical (unpaired) electrons. The Labute approximate surface area is 128 Å². The number of nitrogens with two attached hydrogens (primary N) is 1. The molecule has 114 valence electrons. The van der Waals surface area contributed by atoms with Crippen molar-refractivity contribution < 1.29 is 19.2 Å². The maximum atomic E-state index is 11.2. The molecule has 0 aliphatic carbocycles. The highest BCUT2D eigenvalue weighted by atomic mass is 32.1. The maximum Gasteiger partial charge on any atom is 0.491 e. The third-order valence-corrected chi connectivity index (χ3v) is 4.90. The minimum absolute atomic E-state index is 0.244. The third-order valence-electron chi connectivity index (χ3n) is 4.03. The Balaban J connectivity index is 2.31. The average molecular weight is 309 g/mol. The number of rotatable bonds is 4. The molecular formula is C14H20BNO4S. The SMILES string of the molecule is CC1(C)OB(C(=Cc2sccc2C(=O)O)CN)OC1(C)C. The number of aromatic carboxylic acids is 1. The van der Waals surface area contributed by atoms with E-state index in [0.717, 1.165) is 5.47 Å². The first-order valence-corrected chi connectivity index (χ1v) is 7.63. The average Bonchev–Trinajstić information content (AvgIpc) is 2.89. The maximum absolute atomic E-state index is 11.2. The van der Waals surface area contributed by atoms with Gasteiger partial charge in [-0.3, -0.25) is 0 Å². The summed E-state index contributed by atoms with van der Waals surface area (Å²) >= 11 is 1.36. The molecule has 1 aliphatic rings. The zero-order chi connectivity index (χ0) is 15.8. The van der Waals surface area contributed by atoms with Crippen molar-refractivity contribution in [3.05, 3.63) is 27.4 Å². The molecule has 0 aromatic carbocycles. The molecule has 0 amide bonds. The van der Waals surface area contributed by atoms with Crippen LogP contribution in [-0.2, 0) is 9.31 Å². The van der Waals surface area contributed by atoms with E-state index in [1.807, 2.05) is 27.7 Å². The van der Waals surface area contributed by atoms with Crippen LogP contribution >= 0.6 is 11.3 Å². The van der Waals surface area contributed by atoms with Crippen molar-refractivity contribution in [2.75, 3.05) is 6.54 Å². The van der Waals surface area contributed by atoms with Gasteiger partial charge in [0.05, 0.1) is 16.8 Å². The first-order chi connectivity index (χ1) is 9.68. The highest BCUT2D eigenvalue weighted by molar-refractivity contribution is 7.11. The Bertz CT molecular complexity index is 563. The lowest BCUT2D eigenvalue weighted by Crippen LogP contribution is -2.41. The summed E-state index contributed by atoms with van der Waals surface area (Å²) < 4.78 is 11.9. The molecule has 0 spiro atoms. The summed E-state index contributed by atoms with van der Waals surface area (Å²) in [6.45, 7) is 8.11. The number of carboxylic acids is 1. The molecule has 0 bridgehead atoms. The Morgan fingerprint density at radius 3 is 2.43 bits per heavy atom.